The number of aromatic nitrogens is 1. The molecule has 2 aromatic carbocycles. The average molecular weight is 339 g/mol. The van der Waals surface area contributed by atoms with Crippen molar-refractivity contribution in [3.8, 4) is 0 Å². The van der Waals surface area contributed by atoms with Gasteiger partial charge in [-0.1, -0.05) is 41.4 Å². The van der Waals surface area contributed by atoms with Gasteiger partial charge < -0.3 is 10.3 Å². The molecule has 1 saturated carbocycles. The van der Waals surface area contributed by atoms with Crippen LogP contribution < -0.4 is 5.32 Å². The topological polar surface area (TPSA) is 44.9 Å². The summed E-state index contributed by atoms with van der Waals surface area (Å²) in [6.07, 6.45) is 3.72. The number of aromatic amines is 1. The zero-order valence-electron chi connectivity index (χ0n) is 13.5. The van der Waals surface area contributed by atoms with Crippen molar-refractivity contribution in [3.05, 3.63) is 70.4 Å². The molecule has 1 fully saturated rings. The largest absolute Gasteiger partial charge is 0.361 e. The number of amides is 1. The maximum atomic E-state index is 12.9. The van der Waals surface area contributed by atoms with Crippen LogP contribution >= 0.6 is 11.6 Å². The van der Waals surface area contributed by atoms with Crippen molar-refractivity contribution in [2.45, 2.75) is 31.7 Å². The lowest BCUT2D eigenvalue weighted by Gasteiger charge is -2.15. The summed E-state index contributed by atoms with van der Waals surface area (Å²) >= 11 is 6.14. The molecule has 3 aromatic rings. The molecule has 24 heavy (non-hydrogen) atoms. The first kappa shape index (κ1) is 15.3. The minimum absolute atomic E-state index is 0.102. The van der Waals surface area contributed by atoms with Crippen LogP contribution in [0.3, 0.4) is 0 Å². The summed E-state index contributed by atoms with van der Waals surface area (Å²) in [6, 6.07) is 14.0. The third-order valence-corrected chi connectivity index (χ3v) is 5.11. The number of hydrogen-bond donors (Lipinski definition) is 2. The molecule has 3 nitrogen and oxygen atoms in total. The third-order valence-electron chi connectivity index (χ3n) is 4.88. The van der Waals surface area contributed by atoms with E-state index < -0.39 is 5.41 Å². The lowest BCUT2D eigenvalue weighted by molar-refractivity contribution is -0.123. The second-order valence-electron chi connectivity index (χ2n) is 6.65. The molecule has 4 rings (SSSR count). The van der Waals surface area contributed by atoms with E-state index in [1.54, 1.807) is 0 Å². The van der Waals surface area contributed by atoms with Crippen molar-refractivity contribution in [3.63, 3.8) is 0 Å². The normalized spacial score (nSPS) is 15.4. The summed E-state index contributed by atoms with van der Waals surface area (Å²) in [6.45, 7) is 2.62. The van der Waals surface area contributed by atoms with E-state index in [4.69, 9.17) is 11.6 Å². The minimum Gasteiger partial charge on any atom is -0.361 e. The maximum Gasteiger partial charge on any atom is 0.231 e. The standard InChI is InChI=1S/C20H19ClN2O/c1-13-3-2-4-14(9-13)11-23-19(24)20(7-8-20)17-12-22-18-6-5-15(21)10-16(17)18/h2-6,9-10,12,22H,7-8,11H2,1H3,(H,23,24). The number of fused-ring (bicyclic) bond motifs is 1. The summed E-state index contributed by atoms with van der Waals surface area (Å²) in [5, 5.41) is 4.85. The van der Waals surface area contributed by atoms with Gasteiger partial charge in [-0.25, -0.2) is 0 Å². The molecule has 0 spiro atoms. The first-order chi connectivity index (χ1) is 11.6. The number of hydrogen-bond acceptors (Lipinski definition) is 1. The molecule has 1 aliphatic carbocycles. The lowest BCUT2D eigenvalue weighted by Crippen LogP contribution is -2.34. The van der Waals surface area contributed by atoms with E-state index in [0.717, 1.165) is 34.9 Å². The fourth-order valence-corrected chi connectivity index (χ4v) is 3.58. The molecule has 0 atom stereocenters. The summed E-state index contributed by atoms with van der Waals surface area (Å²) in [5.41, 5.74) is 4.00. The summed E-state index contributed by atoms with van der Waals surface area (Å²) < 4.78 is 0. The lowest BCUT2D eigenvalue weighted by atomic mass is 9.94. The van der Waals surface area contributed by atoms with Crippen LogP contribution in [0, 0.1) is 6.92 Å². The summed E-state index contributed by atoms with van der Waals surface area (Å²) in [5.74, 6) is 0.102. The summed E-state index contributed by atoms with van der Waals surface area (Å²) in [4.78, 5) is 16.1. The predicted molar refractivity (Wildman–Crippen MR) is 97.2 cm³/mol. The Labute approximate surface area is 146 Å². The van der Waals surface area contributed by atoms with E-state index in [2.05, 4.69) is 29.4 Å². The first-order valence-corrected chi connectivity index (χ1v) is 8.57. The number of halogens is 1. The van der Waals surface area contributed by atoms with Crippen LogP contribution in [0.25, 0.3) is 10.9 Å². The molecule has 1 amide bonds. The van der Waals surface area contributed by atoms with E-state index in [1.165, 1.54) is 5.56 Å². The molecule has 0 aliphatic heterocycles. The van der Waals surface area contributed by atoms with Crippen LogP contribution in [0.15, 0.2) is 48.7 Å². The van der Waals surface area contributed by atoms with Crippen molar-refractivity contribution in [2.24, 2.45) is 0 Å². The quantitative estimate of drug-likeness (QED) is 0.724. The number of aryl methyl sites for hydroxylation is 1. The van der Waals surface area contributed by atoms with Crippen LogP contribution in [0.4, 0.5) is 0 Å². The van der Waals surface area contributed by atoms with Gasteiger partial charge in [0.15, 0.2) is 0 Å². The van der Waals surface area contributed by atoms with E-state index in [-0.39, 0.29) is 5.91 Å². The Bertz CT molecular complexity index is 924. The SMILES string of the molecule is Cc1cccc(CNC(=O)C2(c3c[nH]c4ccc(Cl)cc34)CC2)c1. The van der Waals surface area contributed by atoms with Crippen LogP contribution in [0.2, 0.25) is 5.02 Å². The number of rotatable bonds is 4. The van der Waals surface area contributed by atoms with Gasteiger partial charge in [0.1, 0.15) is 0 Å². The molecule has 0 radical (unpaired) electrons. The van der Waals surface area contributed by atoms with Gasteiger partial charge in [0.05, 0.1) is 5.41 Å². The number of H-pyrrole nitrogens is 1. The highest BCUT2D eigenvalue weighted by Crippen LogP contribution is 2.50. The Morgan fingerprint density at radius 1 is 1.25 bits per heavy atom. The monoisotopic (exact) mass is 338 g/mol. The number of carbonyl (C=O) groups is 1. The van der Waals surface area contributed by atoms with E-state index >= 15 is 0 Å². The van der Waals surface area contributed by atoms with Gasteiger partial charge >= 0.3 is 0 Å². The highest BCUT2D eigenvalue weighted by molar-refractivity contribution is 6.31. The Kier molecular flexibility index (Phi) is 3.61. The maximum absolute atomic E-state index is 12.9. The Morgan fingerprint density at radius 2 is 2.08 bits per heavy atom. The Hall–Kier alpha value is -2.26. The number of carbonyl (C=O) groups excluding carboxylic acids is 1. The second kappa shape index (κ2) is 5.67. The molecular formula is C20H19ClN2O. The van der Waals surface area contributed by atoms with Gasteiger partial charge in [-0.15, -0.1) is 0 Å². The minimum atomic E-state index is -0.410. The van der Waals surface area contributed by atoms with Crippen LogP contribution in [0.1, 0.15) is 29.5 Å². The molecule has 0 unspecified atom stereocenters. The second-order valence-corrected chi connectivity index (χ2v) is 7.08. The third kappa shape index (κ3) is 2.59. The molecule has 0 bridgehead atoms. The molecule has 4 heteroatoms. The van der Waals surface area contributed by atoms with E-state index in [9.17, 15) is 4.79 Å². The molecule has 122 valence electrons. The fraction of sp³-hybridized carbons (Fsp3) is 0.250. The molecule has 1 heterocycles. The van der Waals surface area contributed by atoms with Gasteiger partial charge in [0.2, 0.25) is 5.91 Å². The molecule has 0 saturated heterocycles. The number of benzene rings is 2. The molecule has 2 N–H and O–H groups in total. The first-order valence-electron chi connectivity index (χ1n) is 8.19. The van der Waals surface area contributed by atoms with Crippen molar-refractivity contribution in [2.75, 3.05) is 0 Å². The Balaban J connectivity index is 1.58. The van der Waals surface area contributed by atoms with Crippen LogP contribution in [0.5, 0.6) is 0 Å². The van der Waals surface area contributed by atoms with Gasteiger partial charge in [-0.3, -0.25) is 4.79 Å². The van der Waals surface area contributed by atoms with Crippen molar-refractivity contribution in [1.29, 1.82) is 0 Å². The van der Waals surface area contributed by atoms with Gasteiger partial charge in [-0.05, 0) is 49.1 Å². The highest BCUT2D eigenvalue weighted by atomic mass is 35.5. The highest BCUT2D eigenvalue weighted by Gasteiger charge is 2.52. The van der Waals surface area contributed by atoms with Gasteiger partial charge in [-0.2, -0.15) is 0 Å². The van der Waals surface area contributed by atoms with E-state index in [0.29, 0.717) is 11.6 Å². The fourth-order valence-electron chi connectivity index (χ4n) is 3.41. The van der Waals surface area contributed by atoms with Crippen molar-refractivity contribution < 1.29 is 4.79 Å². The average Bonchev–Trinajstić information content (AvgIpc) is 3.27. The van der Waals surface area contributed by atoms with Crippen LogP contribution in [-0.4, -0.2) is 10.9 Å². The van der Waals surface area contributed by atoms with Crippen molar-refractivity contribution in [1.82, 2.24) is 10.3 Å². The zero-order valence-corrected chi connectivity index (χ0v) is 14.3. The molecule has 1 aromatic heterocycles. The molecular weight excluding hydrogens is 320 g/mol. The number of nitrogens with one attached hydrogen (secondary N) is 2. The predicted octanol–water partition coefficient (Wildman–Crippen LogP) is 4.48. The van der Waals surface area contributed by atoms with Gasteiger partial charge in [0, 0.05) is 28.7 Å². The molecule has 1 aliphatic rings. The van der Waals surface area contributed by atoms with Gasteiger partial charge in [0.25, 0.3) is 0 Å². The zero-order chi connectivity index (χ0) is 16.7. The van der Waals surface area contributed by atoms with Crippen LogP contribution in [-0.2, 0) is 16.8 Å². The van der Waals surface area contributed by atoms with E-state index in [1.807, 2.05) is 36.5 Å². The Morgan fingerprint density at radius 3 is 2.83 bits per heavy atom. The van der Waals surface area contributed by atoms with Crippen molar-refractivity contribution >= 4 is 28.4 Å². The summed E-state index contributed by atoms with van der Waals surface area (Å²) in [7, 11) is 0. The smallest absolute Gasteiger partial charge is 0.231 e.